The van der Waals surface area contributed by atoms with E-state index in [0.29, 0.717) is 0 Å². The van der Waals surface area contributed by atoms with E-state index < -0.39 is 19.6 Å². The summed E-state index contributed by atoms with van der Waals surface area (Å²) < 4.78 is 0. The zero-order valence-electron chi connectivity index (χ0n) is 31.1. The van der Waals surface area contributed by atoms with Crippen LogP contribution in [0.2, 0.25) is 0 Å². The predicted molar refractivity (Wildman–Crippen MR) is 249 cm³/mol. The van der Waals surface area contributed by atoms with Gasteiger partial charge in [0.15, 0.2) is 0 Å². The number of benzene rings is 8. The minimum absolute atomic E-state index is 1.22. The third-order valence-corrected chi connectivity index (χ3v) is 29.6. The molecule has 0 bridgehead atoms. The van der Waals surface area contributed by atoms with E-state index in [0.717, 1.165) is 0 Å². The predicted octanol–water partition coefficient (Wildman–Crippen LogP) is 9.57. The molecule has 1 aliphatic heterocycles. The summed E-state index contributed by atoms with van der Waals surface area (Å²) in [6, 6.07) is 89.1. The average Bonchev–Trinajstić information content (AvgIpc) is 3.29. The Morgan fingerprint density at radius 2 is 0.618 bits per heavy atom. The van der Waals surface area contributed by atoms with E-state index in [2.05, 4.69) is 243 Å². The topological polar surface area (TPSA) is 0 Å². The highest BCUT2D eigenvalue weighted by atomic mass is 32.3. The van der Waals surface area contributed by atoms with Gasteiger partial charge in [-0.3, -0.25) is 0 Å². The first-order valence-corrected chi connectivity index (χ1v) is 25.6. The molecule has 0 spiro atoms. The molecule has 1 aliphatic rings. The number of hydrogen-bond acceptors (Lipinski definition) is 0. The largest absolute Gasteiger partial charge is 0.195 e. The maximum absolute atomic E-state index is 2.39. The van der Waals surface area contributed by atoms with Crippen LogP contribution < -0.4 is 43.1 Å². The van der Waals surface area contributed by atoms with Crippen molar-refractivity contribution >= 4 is 70.3 Å². The van der Waals surface area contributed by atoms with Crippen LogP contribution in [0, 0.1) is 0 Å². The molecule has 4 heteroatoms. The summed E-state index contributed by atoms with van der Waals surface area (Å²) >= 11 is 0. The molecule has 0 saturated heterocycles. The summed E-state index contributed by atoms with van der Waals surface area (Å²) in [5.74, 6) is 0. The Hall–Kier alpha value is -5.02. The van der Waals surface area contributed by atoms with Crippen molar-refractivity contribution in [1.29, 1.82) is 0 Å². The Balaban J connectivity index is 0.000000158. The van der Waals surface area contributed by atoms with Crippen molar-refractivity contribution in [3.63, 3.8) is 0 Å². The fraction of sp³-hybridized carbons (Fsp3) is 0.0588. The van der Waals surface area contributed by atoms with Gasteiger partial charge in [-0.05, 0) is 47.5 Å². The second-order valence-corrected chi connectivity index (χ2v) is 26.7. The zero-order chi connectivity index (χ0) is 37.2. The quantitative estimate of drug-likeness (QED) is 0.107. The van der Waals surface area contributed by atoms with Gasteiger partial charge in [0.05, 0.1) is 6.16 Å². The van der Waals surface area contributed by atoms with Crippen molar-refractivity contribution in [2.75, 3.05) is 12.3 Å². The molecule has 0 aromatic heterocycles. The molecular formula is C51H46BP3. The van der Waals surface area contributed by atoms with Crippen LogP contribution in [0.5, 0.6) is 0 Å². The van der Waals surface area contributed by atoms with E-state index in [9.17, 15) is 0 Å². The van der Waals surface area contributed by atoms with Gasteiger partial charge in [0.2, 0.25) is 0 Å². The maximum atomic E-state index is 2.39. The van der Waals surface area contributed by atoms with E-state index in [1.54, 1.807) is 28.8 Å². The monoisotopic (exact) mass is 762 g/mol. The van der Waals surface area contributed by atoms with E-state index in [-0.39, 0.29) is 0 Å². The summed E-state index contributed by atoms with van der Waals surface area (Å²) in [5.41, 5.74) is 5.36. The normalized spacial score (nSPS) is 14.7. The second kappa shape index (κ2) is 17.2. The zero-order valence-corrected chi connectivity index (χ0v) is 33.8. The van der Waals surface area contributed by atoms with Gasteiger partial charge in [-0.25, -0.2) is 0 Å². The molecule has 0 amide bonds. The van der Waals surface area contributed by atoms with Gasteiger partial charge in [0.25, 0.3) is 0 Å². The molecule has 0 nitrogen and oxygen atoms in total. The maximum Gasteiger partial charge on any atom is 0.128 e. The van der Waals surface area contributed by atoms with Gasteiger partial charge in [0, 0.05) is 6.55 Å². The number of hydrogen-bond donors (Lipinski definition) is 0. The van der Waals surface area contributed by atoms with Gasteiger partial charge in [0.1, 0.15) is 31.3 Å². The van der Waals surface area contributed by atoms with Crippen molar-refractivity contribution in [2.24, 2.45) is 0 Å². The van der Waals surface area contributed by atoms with Gasteiger partial charge >= 0.3 is 0 Å². The summed E-state index contributed by atoms with van der Waals surface area (Å²) in [7, 11) is 1.66. The van der Waals surface area contributed by atoms with Crippen molar-refractivity contribution < 1.29 is 0 Å². The van der Waals surface area contributed by atoms with Gasteiger partial charge < -0.3 is 0 Å². The van der Waals surface area contributed by atoms with Gasteiger partial charge in [-0.2, -0.15) is 21.9 Å². The van der Waals surface area contributed by atoms with Crippen LogP contribution in [0.25, 0.3) is 0 Å². The smallest absolute Gasteiger partial charge is 0.128 e. The van der Waals surface area contributed by atoms with Crippen LogP contribution in [-0.2, 0) is 0 Å². The highest BCUT2D eigenvalue weighted by Gasteiger charge is 2.48. The lowest BCUT2D eigenvalue weighted by Crippen LogP contribution is -2.74. The molecule has 0 aliphatic carbocycles. The van der Waals surface area contributed by atoms with Crippen molar-refractivity contribution in [3.8, 4) is 0 Å². The molecule has 0 saturated carbocycles. The third-order valence-electron chi connectivity index (χ3n) is 11.2. The molecule has 0 unspecified atom stereocenters. The molecular weight excluding hydrogens is 716 g/mol. The van der Waals surface area contributed by atoms with Crippen molar-refractivity contribution in [2.45, 2.75) is 6.42 Å². The summed E-state index contributed by atoms with van der Waals surface area (Å²) in [6.45, 7) is -3.05. The minimum atomic E-state index is -1.53. The first-order valence-electron chi connectivity index (χ1n) is 19.4. The van der Waals surface area contributed by atoms with Crippen LogP contribution in [0.4, 0.5) is 0 Å². The lowest BCUT2D eigenvalue weighted by Gasteiger charge is -2.44. The van der Waals surface area contributed by atoms with E-state index >= 15 is 0 Å². The lowest BCUT2D eigenvalue weighted by molar-refractivity contribution is 1.11. The standard InChI is InChI=1S/C27H26P3.C24H20B/c1-5-14-24(15-6-1)29(25-16-7-2-8-17-25)22-13-23-30(28-29,26-18-9-3-10-19-26)27-20-11-4-12-21-27;1-5-13-21(14-6-1)25(22-15-7-2-8-16-22,23-17-9-3-10-18-23)24-19-11-4-12-20-24/h1-12,14-21H,13,22-23H2;1-20H/q+1;-1. The Kier molecular flexibility index (Phi) is 11.5. The fourth-order valence-electron chi connectivity index (χ4n) is 8.72. The molecule has 8 aromatic rings. The van der Waals surface area contributed by atoms with Crippen LogP contribution in [-0.4, -0.2) is 18.5 Å². The summed E-state index contributed by atoms with van der Waals surface area (Å²) in [6.07, 6.45) is 2.70. The molecule has 9 rings (SSSR count). The molecule has 268 valence electrons. The first-order chi connectivity index (χ1) is 27.3. The molecule has 0 N–H and O–H groups in total. The molecule has 0 fully saturated rings. The Morgan fingerprint density at radius 1 is 0.345 bits per heavy atom. The van der Waals surface area contributed by atoms with E-state index in [4.69, 9.17) is 0 Å². The van der Waals surface area contributed by atoms with Crippen molar-refractivity contribution in [1.82, 2.24) is 0 Å². The van der Waals surface area contributed by atoms with Gasteiger partial charge in [-0.1, -0.05) is 218 Å². The Labute approximate surface area is 330 Å². The third kappa shape index (κ3) is 7.39. The van der Waals surface area contributed by atoms with Gasteiger partial charge in [-0.15, -0.1) is 0 Å². The second-order valence-electron chi connectivity index (χ2n) is 14.3. The van der Waals surface area contributed by atoms with E-state index in [1.165, 1.54) is 40.6 Å². The Morgan fingerprint density at radius 3 is 0.927 bits per heavy atom. The summed E-state index contributed by atoms with van der Waals surface area (Å²) in [5, 5.41) is 6.25. The fourth-order valence-corrected chi connectivity index (χ4v) is 31.4. The van der Waals surface area contributed by atoms with Crippen LogP contribution >= 0.6 is 21.1 Å². The molecule has 55 heavy (non-hydrogen) atoms. The SMILES string of the molecule is c1ccc(P2(c3ccccc3)=P[P+](c3ccccc3)(c3ccccc3)CCC2)cc1.c1ccc([B-](c2ccccc2)(c2ccccc2)c2ccccc2)cc1. The van der Waals surface area contributed by atoms with Crippen molar-refractivity contribution in [3.05, 3.63) is 243 Å². The molecule has 0 atom stereocenters. The van der Waals surface area contributed by atoms with Crippen LogP contribution in [0.15, 0.2) is 243 Å². The minimum Gasteiger partial charge on any atom is -0.195 e. The highest BCUT2D eigenvalue weighted by molar-refractivity contribution is 8.52. The van der Waals surface area contributed by atoms with E-state index in [1.807, 2.05) is 0 Å². The Bertz CT molecular complexity index is 2180. The molecule has 1 heterocycles. The van der Waals surface area contributed by atoms with Crippen LogP contribution in [0.3, 0.4) is 0 Å². The lowest BCUT2D eigenvalue weighted by atomic mass is 9.13. The summed E-state index contributed by atoms with van der Waals surface area (Å²) in [4.78, 5) is 0. The van der Waals surface area contributed by atoms with Crippen LogP contribution in [0.1, 0.15) is 6.42 Å². The average molecular weight is 763 g/mol. The molecule has 8 aromatic carbocycles. The highest BCUT2D eigenvalue weighted by Crippen LogP contribution is 2.81. The molecule has 0 radical (unpaired) electrons. The first kappa shape index (κ1) is 36.9. The number of rotatable bonds is 8.